The van der Waals surface area contributed by atoms with Gasteiger partial charge in [0, 0.05) is 0 Å². The van der Waals surface area contributed by atoms with Crippen LogP contribution in [0.2, 0.25) is 0 Å². The summed E-state index contributed by atoms with van der Waals surface area (Å²) in [7, 11) is 0. The summed E-state index contributed by atoms with van der Waals surface area (Å²) in [6.45, 7) is 0. The summed E-state index contributed by atoms with van der Waals surface area (Å²) in [6.07, 6.45) is 4.21. The molecule has 0 saturated carbocycles. The summed E-state index contributed by atoms with van der Waals surface area (Å²) in [5, 5.41) is 0. The van der Waals surface area contributed by atoms with Crippen LogP contribution < -0.4 is 13.0 Å². The van der Waals surface area contributed by atoms with E-state index in [4.69, 9.17) is 3.82 Å². The molecule has 22 heavy (non-hydrogen) atoms. The second-order valence-corrected chi connectivity index (χ2v) is 5.92. The van der Waals surface area contributed by atoms with Crippen molar-refractivity contribution in [1.82, 2.24) is 9.97 Å². The standard InChI is InChI=1S/C7H6O2.2C5H4N.Cu/c8-5-6-3-1-2-4-7(6)9;2*1-2-4-6-5-3-1;/h1-5,9H;2*1-4H;/q;;;+1/p-1. The molecule has 114 valence electrons. The molecule has 0 atom stereocenters. The molecule has 4 nitrogen and oxygen atoms in total. The Kier molecular flexibility index (Phi) is 4.58. The van der Waals surface area contributed by atoms with Gasteiger partial charge in [0.2, 0.25) is 0 Å². The van der Waals surface area contributed by atoms with Crippen molar-refractivity contribution in [3.8, 4) is 5.75 Å². The summed E-state index contributed by atoms with van der Waals surface area (Å²) in [5.41, 5.74) is 0.505. The van der Waals surface area contributed by atoms with Crippen LogP contribution in [-0.4, -0.2) is 16.3 Å². The second kappa shape index (κ2) is 6.98. The Hall–Kier alpha value is -2.49. The van der Waals surface area contributed by atoms with E-state index in [1.54, 1.807) is 30.6 Å². The molecule has 0 fully saturated rings. The molecule has 0 amide bonds. The van der Waals surface area contributed by atoms with Crippen LogP contribution in [0.5, 0.6) is 5.75 Å². The molecule has 0 unspecified atom stereocenters. The van der Waals surface area contributed by atoms with Crippen molar-refractivity contribution in [2.45, 2.75) is 0 Å². The Morgan fingerprint density at radius 3 is 1.95 bits per heavy atom. The molecule has 2 aromatic heterocycles. The summed E-state index contributed by atoms with van der Waals surface area (Å²) in [5.74, 6) is 0.522. The molecule has 5 heteroatoms. The first-order valence-corrected chi connectivity index (χ1v) is 7.85. The Bertz CT molecular complexity index is 711. The van der Waals surface area contributed by atoms with E-state index in [-0.39, 0.29) is 0 Å². The molecule has 0 N–H and O–H groups in total. The third kappa shape index (κ3) is 3.22. The topological polar surface area (TPSA) is 52.1 Å². The van der Waals surface area contributed by atoms with Gasteiger partial charge in [-0.15, -0.1) is 0 Å². The number of carbonyl (C=O) groups excluding carboxylic acids is 1. The molecule has 0 radical (unpaired) electrons. The molecule has 0 bridgehead atoms. The SMILES string of the molecule is O=Cc1ccccc1[O][Cu]([c]1ccccn1)[c]1ccccn1. The van der Waals surface area contributed by atoms with Gasteiger partial charge in [0.1, 0.15) is 0 Å². The van der Waals surface area contributed by atoms with Crippen LogP contribution in [0.15, 0.2) is 73.1 Å². The van der Waals surface area contributed by atoms with Gasteiger partial charge in [0.05, 0.1) is 0 Å². The Morgan fingerprint density at radius 1 is 0.818 bits per heavy atom. The van der Waals surface area contributed by atoms with Crippen molar-refractivity contribution >= 4 is 15.5 Å². The van der Waals surface area contributed by atoms with Crippen molar-refractivity contribution in [2.75, 3.05) is 0 Å². The molecule has 0 aliphatic rings. The van der Waals surface area contributed by atoms with Crippen LogP contribution >= 0.6 is 0 Å². The predicted octanol–water partition coefficient (Wildman–Crippen LogP) is 1.85. The maximum absolute atomic E-state index is 11.2. The summed E-state index contributed by atoms with van der Waals surface area (Å²) in [6, 6.07) is 18.4. The quantitative estimate of drug-likeness (QED) is 0.525. The van der Waals surface area contributed by atoms with Crippen LogP contribution in [0, 0.1) is 0 Å². The van der Waals surface area contributed by atoms with Gasteiger partial charge in [-0.05, 0) is 0 Å². The molecule has 1 aromatic carbocycles. The van der Waals surface area contributed by atoms with Crippen LogP contribution in [-0.2, 0) is 14.2 Å². The molecular weight excluding hydrogens is 328 g/mol. The van der Waals surface area contributed by atoms with Gasteiger partial charge in [-0.1, -0.05) is 0 Å². The van der Waals surface area contributed by atoms with E-state index in [2.05, 4.69) is 9.97 Å². The second-order valence-electron chi connectivity index (χ2n) is 4.14. The first kappa shape index (κ1) is 14.4. The minimum absolute atomic E-state index is 0.505. The number of rotatable bonds is 5. The number of aldehydes is 1. The molecule has 0 saturated heterocycles. The summed E-state index contributed by atoms with van der Waals surface area (Å²) >= 11 is -0.714. The molecule has 0 spiro atoms. The van der Waals surface area contributed by atoms with Gasteiger partial charge in [0.15, 0.2) is 0 Å². The van der Waals surface area contributed by atoms with Crippen LogP contribution in [0.4, 0.5) is 0 Å². The summed E-state index contributed by atoms with van der Waals surface area (Å²) in [4.78, 5) is 19.9. The first-order valence-electron chi connectivity index (χ1n) is 6.52. The third-order valence-corrected chi connectivity index (χ3v) is 4.50. The van der Waals surface area contributed by atoms with E-state index in [1.165, 1.54) is 0 Å². The Balaban J connectivity index is 2.01. The molecule has 0 aliphatic heterocycles. The fourth-order valence-corrected chi connectivity index (χ4v) is 3.32. The van der Waals surface area contributed by atoms with Gasteiger partial charge < -0.3 is 0 Å². The van der Waals surface area contributed by atoms with Crippen molar-refractivity contribution in [3.05, 3.63) is 78.6 Å². The van der Waals surface area contributed by atoms with E-state index in [1.807, 2.05) is 42.5 Å². The van der Waals surface area contributed by atoms with E-state index < -0.39 is 14.2 Å². The monoisotopic (exact) mass is 340 g/mol. The molecular formula is C17H13CuN2O2. The van der Waals surface area contributed by atoms with Crippen LogP contribution in [0.3, 0.4) is 0 Å². The number of carbonyl (C=O) groups is 1. The normalized spacial score (nSPS) is 10.8. The van der Waals surface area contributed by atoms with Gasteiger partial charge >= 0.3 is 133 Å². The molecule has 0 aliphatic carbocycles. The summed E-state index contributed by atoms with van der Waals surface area (Å²) < 4.78 is 7.59. The number of para-hydroxylation sites is 1. The molecule has 3 aromatic rings. The zero-order valence-electron chi connectivity index (χ0n) is 11.5. The van der Waals surface area contributed by atoms with E-state index in [0.717, 1.165) is 15.5 Å². The molecule has 2 heterocycles. The zero-order valence-corrected chi connectivity index (χ0v) is 12.5. The van der Waals surface area contributed by atoms with Crippen LogP contribution in [0.25, 0.3) is 0 Å². The van der Waals surface area contributed by atoms with Gasteiger partial charge in [-0.25, -0.2) is 0 Å². The van der Waals surface area contributed by atoms with Gasteiger partial charge in [-0.3, -0.25) is 0 Å². The predicted molar refractivity (Wildman–Crippen MR) is 80.2 cm³/mol. The van der Waals surface area contributed by atoms with Crippen molar-refractivity contribution in [2.24, 2.45) is 0 Å². The number of aromatic nitrogens is 2. The zero-order chi connectivity index (χ0) is 15.2. The number of hydrogen-bond donors (Lipinski definition) is 0. The Labute approximate surface area is 133 Å². The van der Waals surface area contributed by atoms with Crippen molar-refractivity contribution < 1.29 is 22.8 Å². The average Bonchev–Trinajstić information content (AvgIpc) is 2.61. The Morgan fingerprint density at radius 2 is 1.41 bits per heavy atom. The van der Waals surface area contributed by atoms with Crippen LogP contribution in [0.1, 0.15) is 10.4 Å². The van der Waals surface area contributed by atoms with Crippen molar-refractivity contribution in [3.63, 3.8) is 0 Å². The third-order valence-electron chi connectivity index (χ3n) is 2.67. The van der Waals surface area contributed by atoms with Gasteiger partial charge in [-0.2, -0.15) is 0 Å². The van der Waals surface area contributed by atoms with Crippen molar-refractivity contribution in [1.29, 1.82) is 0 Å². The number of benzene rings is 1. The van der Waals surface area contributed by atoms with E-state index >= 15 is 0 Å². The average molecular weight is 341 g/mol. The number of pyridine rings is 2. The fraction of sp³-hybridized carbons (Fsp3) is 0. The molecule has 3 rings (SSSR count). The number of nitrogens with zero attached hydrogens (tertiary/aromatic N) is 2. The van der Waals surface area contributed by atoms with E-state index in [9.17, 15) is 4.79 Å². The minimum atomic E-state index is -0.714. The maximum atomic E-state index is 11.2. The fourth-order valence-electron chi connectivity index (χ4n) is 1.66. The van der Waals surface area contributed by atoms with Gasteiger partial charge in [0.25, 0.3) is 0 Å². The number of hydrogen-bond acceptors (Lipinski definition) is 4. The van der Waals surface area contributed by atoms with E-state index in [0.29, 0.717) is 11.3 Å². The first-order chi connectivity index (χ1) is 10.9.